The third-order valence-electron chi connectivity index (χ3n) is 5.77. The van der Waals surface area contributed by atoms with E-state index in [4.69, 9.17) is 4.42 Å². The molecule has 0 radical (unpaired) electrons. The first-order valence-corrected chi connectivity index (χ1v) is 14.3. The van der Waals surface area contributed by atoms with Crippen molar-refractivity contribution in [1.82, 2.24) is 15.6 Å². The van der Waals surface area contributed by atoms with Gasteiger partial charge in [0.15, 0.2) is 5.69 Å². The zero-order chi connectivity index (χ0) is 28.6. The number of nitrogens with zero attached hydrogens (tertiary/aromatic N) is 1. The summed E-state index contributed by atoms with van der Waals surface area (Å²) in [5.74, 6) is -2.63. The van der Waals surface area contributed by atoms with Crippen molar-refractivity contribution in [2.45, 2.75) is 52.3 Å². The third-order valence-corrected chi connectivity index (χ3v) is 7.36. The van der Waals surface area contributed by atoms with Crippen LogP contribution in [0.25, 0.3) is 0 Å². The summed E-state index contributed by atoms with van der Waals surface area (Å²) >= 11 is 0. The Morgan fingerprint density at radius 3 is 2.44 bits per heavy atom. The highest BCUT2D eigenvalue weighted by Gasteiger charge is 2.25. The van der Waals surface area contributed by atoms with Crippen LogP contribution in [0.3, 0.4) is 0 Å². The van der Waals surface area contributed by atoms with Crippen molar-refractivity contribution in [2.24, 2.45) is 5.92 Å². The Balaban J connectivity index is 1.71. The van der Waals surface area contributed by atoms with Crippen LogP contribution in [0, 0.1) is 17.6 Å². The maximum Gasteiger partial charge on any atom is 0.309 e. The number of carbonyl (C=O) groups excluding carboxylic acids is 1. The van der Waals surface area contributed by atoms with Crippen LogP contribution in [0.2, 0.25) is 0 Å². The van der Waals surface area contributed by atoms with Crippen LogP contribution in [0.1, 0.15) is 48.0 Å². The lowest BCUT2D eigenvalue weighted by molar-refractivity contribution is 0.0825. The number of nitrogens with one attached hydrogen (secondary N) is 3. The molecule has 4 N–H and O–H groups in total. The van der Waals surface area contributed by atoms with Gasteiger partial charge in [0.25, 0.3) is 5.91 Å². The Labute approximate surface area is 227 Å². The van der Waals surface area contributed by atoms with Crippen LogP contribution in [-0.4, -0.2) is 48.9 Å². The van der Waals surface area contributed by atoms with Crippen LogP contribution >= 0.6 is 0 Å². The summed E-state index contributed by atoms with van der Waals surface area (Å²) in [4.78, 5) is 16.8. The van der Waals surface area contributed by atoms with E-state index in [2.05, 4.69) is 27.3 Å². The molecule has 1 aromatic heterocycles. The van der Waals surface area contributed by atoms with E-state index in [0.717, 1.165) is 36.4 Å². The van der Waals surface area contributed by atoms with Gasteiger partial charge in [-0.1, -0.05) is 45.0 Å². The number of anilines is 1. The minimum Gasteiger partial charge on any atom is -0.431 e. The summed E-state index contributed by atoms with van der Waals surface area (Å²) in [7, 11) is -3.73. The highest BCUT2D eigenvalue weighted by molar-refractivity contribution is 7.92. The first-order valence-electron chi connectivity index (χ1n) is 12.6. The fourth-order valence-electron chi connectivity index (χ4n) is 4.01. The predicted molar refractivity (Wildman–Crippen MR) is 144 cm³/mol. The lowest BCUT2D eigenvalue weighted by Crippen LogP contribution is -2.48. The molecule has 1 heterocycles. The minimum atomic E-state index is -3.73. The SMILES string of the molecule is CCc1cccc(CNC[C@@H](O)[C@H](Cc2cc(F)cc(F)c2)NC(=O)c2coc(NS(=O)(=O)CC(C)C)n2)c1. The Morgan fingerprint density at radius 1 is 1.08 bits per heavy atom. The summed E-state index contributed by atoms with van der Waals surface area (Å²) in [5, 5.41) is 16.7. The van der Waals surface area contributed by atoms with E-state index in [9.17, 15) is 27.1 Å². The molecular weight excluding hydrogens is 530 g/mol. The van der Waals surface area contributed by atoms with Crippen molar-refractivity contribution >= 4 is 21.9 Å². The van der Waals surface area contributed by atoms with Gasteiger partial charge in [-0.15, -0.1) is 0 Å². The highest BCUT2D eigenvalue weighted by atomic mass is 32.2. The number of hydrogen-bond acceptors (Lipinski definition) is 7. The fourth-order valence-corrected chi connectivity index (χ4v) is 5.33. The summed E-state index contributed by atoms with van der Waals surface area (Å²) in [6.45, 7) is 6.06. The topological polar surface area (TPSA) is 134 Å². The predicted octanol–water partition coefficient (Wildman–Crippen LogP) is 3.40. The van der Waals surface area contributed by atoms with Gasteiger partial charge < -0.3 is 20.2 Å². The summed E-state index contributed by atoms with van der Waals surface area (Å²) < 4.78 is 59.1. The van der Waals surface area contributed by atoms with Gasteiger partial charge in [-0.2, -0.15) is 4.98 Å². The van der Waals surface area contributed by atoms with E-state index in [0.29, 0.717) is 6.54 Å². The Hall–Kier alpha value is -3.35. The number of hydrogen-bond donors (Lipinski definition) is 4. The molecule has 0 aliphatic heterocycles. The zero-order valence-electron chi connectivity index (χ0n) is 22.1. The summed E-state index contributed by atoms with van der Waals surface area (Å²) in [6, 6.07) is 9.60. The quantitative estimate of drug-likeness (QED) is 0.236. The molecule has 3 aromatic rings. The first-order chi connectivity index (χ1) is 18.4. The van der Waals surface area contributed by atoms with Crippen molar-refractivity contribution in [3.63, 3.8) is 0 Å². The molecule has 0 bridgehead atoms. The van der Waals surface area contributed by atoms with Crippen LogP contribution in [0.4, 0.5) is 14.8 Å². The molecule has 9 nitrogen and oxygen atoms in total. The molecule has 2 aromatic carbocycles. The number of aliphatic hydroxyl groups excluding tert-OH is 1. The number of aromatic nitrogens is 1. The van der Waals surface area contributed by atoms with E-state index in [-0.39, 0.29) is 41.9 Å². The lowest BCUT2D eigenvalue weighted by atomic mass is 10.00. The summed E-state index contributed by atoms with van der Waals surface area (Å²) in [5.41, 5.74) is 2.19. The first kappa shape index (κ1) is 30.2. The molecule has 0 spiro atoms. The highest BCUT2D eigenvalue weighted by Crippen LogP contribution is 2.15. The minimum absolute atomic E-state index is 0.0676. The molecule has 2 atom stereocenters. The van der Waals surface area contributed by atoms with Gasteiger partial charge in [-0.25, -0.2) is 21.9 Å². The van der Waals surface area contributed by atoms with Gasteiger partial charge in [-0.3, -0.25) is 4.79 Å². The van der Waals surface area contributed by atoms with E-state index >= 15 is 0 Å². The Kier molecular flexibility index (Phi) is 10.6. The standard InChI is InChI=1S/C27H34F2N4O5S/c1-4-18-6-5-7-19(8-18)13-30-14-25(34)23(11-20-9-21(28)12-22(29)10-20)31-26(35)24-15-38-27(32-24)33-39(36,37)16-17(2)3/h5-10,12,15,17,23,25,30,34H,4,11,13-14,16H2,1-3H3,(H,31,35)(H,32,33)/t23-,25+/m0/s1. The number of amides is 1. The molecule has 0 fully saturated rings. The van der Waals surface area contributed by atoms with Gasteiger partial charge >= 0.3 is 6.01 Å². The molecule has 0 saturated carbocycles. The zero-order valence-corrected chi connectivity index (χ0v) is 22.9. The monoisotopic (exact) mass is 564 g/mol. The van der Waals surface area contributed by atoms with E-state index < -0.39 is 39.7 Å². The van der Waals surface area contributed by atoms with Crippen molar-refractivity contribution < 1.29 is 31.5 Å². The average Bonchev–Trinajstić information content (AvgIpc) is 3.30. The van der Waals surface area contributed by atoms with Crippen molar-refractivity contribution in [3.8, 4) is 0 Å². The number of carbonyl (C=O) groups is 1. The van der Waals surface area contributed by atoms with E-state index in [1.54, 1.807) is 13.8 Å². The molecule has 0 aliphatic carbocycles. The molecule has 0 unspecified atom stereocenters. The maximum absolute atomic E-state index is 13.8. The van der Waals surface area contributed by atoms with Crippen molar-refractivity contribution in [3.05, 3.63) is 82.7 Å². The van der Waals surface area contributed by atoms with E-state index in [1.165, 1.54) is 5.56 Å². The molecule has 0 aliphatic rings. The number of oxazole rings is 1. The lowest BCUT2D eigenvalue weighted by Gasteiger charge is -2.24. The maximum atomic E-state index is 13.8. The van der Waals surface area contributed by atoms with E-state index in [1.807, 2.05) is 24.3 Å². The van der Waals surface area contributed by atoms with Gasteiger partial charge in [-0.05, 0) is 47.6 Å². The van der Waals surface area contributed by atoms with Crippen LogP contribution in [0.15, 0.2) is 53.1 Å². The number of aliphatic hydroxyl groups is 1. The fraction of sp³-hybridized carbons (Fsp3) is 0.407. The van der Waals surface area contributed by atoms with Crippen LogP contribution < -0.4 is 15.4 Å². The Bertz CT molecular complexity index is 1340. The normalized spacial score (nSPS) is 13.3. The number of benzene rings is 2. The average molecular weight is 565 g/mol. The molecule has 0 saturated heterocycles. The number of rotatable bonds is 14. The number of halogens is 2. The third kappa shape index (κ3) is 9.72. The van der Waals surface area contributed by atoms with Gasteiger partial charge in [0.1, 0.15) is 17.9 Å². The number of sulfonamides is 1. The molecule has 39 heavy (non-hydrogen) atoms. The van der Waals surface area contributed by atoms with Crippen LogP contribution in [0.5, 0.6) is 0 Å². The smallest absolute Gasteiger partial charge is 0.309 e. The van der Waals surface area contributed by atoms with Gasteiger partial charge in [0.2, 0.25) is 10.0 Å². The van der Waals surface area contributed by atoms with Gasteiger partial charge in [0.05, 0.1) is 17.9 Å². The molecular formula is C27H34F2N4O5S. The second-order valence-corrected chi connectivity index (χ2v) is 11.5. The molecule has 212 valence electrons. The van der Waals surface area contributed by atoms with Gasteiger partial charge in [0, 0.05) is 19.2 Å². The second kappa shape index (κ2) is 13.6. The largest absolute Gasteiger partial charge is 0.431 e. The van der Waals surface area contributed by atoms with Crippen LogP contribution in [-0.2, 0) is 29.4 Å². The second-order valence-electron chi connectivity index (χ2n) is 9.75. The number of aryl methyl sites for hydroxylation is 1. The molecule has 12 heteroatoms. The summed E-state index contributed by atoms with van der Waals surface area (Å²) in [6.07, 6.45) is 0.635. The van der Waals surface area contributed by atoms with Crippen molar-refractivity contribution in [1.29, 1.82) is 0 Å². The molecule has 1 amide bonds. The van der Waals surface area contributed by atoms with Crippen molar-refractivity contribution in [2.75, 3.05) is 17.0 Å². The molecule has 3 rings (SSSR count). The Morgan fingerprint density at radius 2 is 1.77 bits per heavy atom.